The highest BCUT2D eigenvalue weighted by atomic mass is 16.5. The number of fused-ring (bicyclic) bond motifs is 1. The van der Waals surface area contributed by atoms with Gasteiger partial charge in [0.15, 0.2) is 11.5 Å². The van der Waals surface area contributed by atoms with Gasteiger partial charge in [0.1, 0.15) is 5.75 Å². The molecule has 0 spiro atoms. The molecule has 0 radical (unpaired) electrons. The zero-order valence-electron chi connectivity index (χ0n) is 14.3. The quantitative estimate of drug-likeness (QED) is 0.849. The van der Waals surface area contributed by atoms with E-state index in [-0.39, 0.29) is 11.9 Å². The van der Waals surface area contributed by atoms with E-state index in [0.29, 0.717) is 18.1 Å². The van der Waals surface area contributed by atoms with Crippen LogP contribution in [-0.2, 0) is 4.79 Å². The van der Waals surface area contributed by atoms with Crippen LogP contribution in [0, 0.1) is 0 Å². The van der Waals surface area contributed by atoms with Crippen molar-refractivity contribution in [2.75, 3.05) is 20.8 Å². The van der Waals surface area contributed by atoms with Crippen LogP contribution in [0.1, 0.15) is 23.6 Å². The zero-order valence-corrected chi connectivity index (χ0v) is 14.3. The normalized spacial score (nSPS) is 16.0. The minimum atomic E-state index is -0.142. The van der Waals surface area contributed by atoms with Crippen LogP contribution in [0.2, 0.25) is 0 Å². The number of ether oxygens (including phenoxy) is 3. The molecule has 1 amide bonds. The number of methoxy groups -OCH3 is 2. The number of para-hydroxylation sites is 1. The lowest BCUT2D eigenvalue weighted by molar-refractivity contribution is -0.117. The predicted molar refractivity (Wildman–Crippen MR) is 96.0 cm³/mol. The molecule has 5 nitrogen and oxygen atoms in total. The molecule has 1 aliphatic rings. The van der Waals surface area contributed by atoms with Gasteiger partial charge in [-0.2, -0.15) is 0 Å². The third-order valence-corrected chi connectivity index (χ3v) is 4.11. The third kappa shape index (κ3) is 3.94. The van der Waals surface area contributed by atoms with Crippen molar-refractivity contribution in [1.29, 1.82) is 0 Å². The van der Waals surface area contributed by atoms with Crippen molar-refractivity contribution in [3.05, 3.63) is 59.7 Å². The summed E-state index contributed by atoms with van der Waals surface area (Å²) in [6.45, 7) is 0.599. The van der Waals surface area contributed by atoms with Crippen LogP contribution in [0.5, 0.6) is 17.2 Å². The fourth-order valence-corrected chi connectivity index (χ4v) is 2.84. The van der Waals surface area contributed by atoms with Crippen molar-refractivity contribution >= 4 is 12.0 Å². The Morgan fingerprint density at radius 2 is 1.96 bits per heavy atom. The van der Waals surface area contributed by atoms with Gasteiger partial charge in [-0.05, 0) is 29.8 Å². The highest BCUT2D eigenvalue weighted by molar-refractivity contribution is 5.92. The third-order valence-electron chi connectivity index (χ3n) is 4.11. The minimum Gasteiger partial charge on any atom is -0.493 e. The molecule has 0 saturated heterocycles. The molecule has 25 heavy (non-hydrogen) atoms. The number of nitrogens with one attached hydrogen (secondary N) is 1. The molecule has 0 aliphatic carbocycles. The van der Waals surface area contributed by atoms with E-state index in [1.54, 1.807) is 20.3 Å². The summed E-state index contributed by atoms with van der Waals surface area (Å²) in [5.41, 5.74) is 1.88. The Labute approximate surface area is 147 Å². The number of carbonyl (C=O) groups is 1. The Kier molecular flexibility index (Phi) is 5.23. The first kappa shape index (κ1) is 16.9. The van der Waals surface area contributed by atoms with Crippen LogP contribution < -0.4 is 19.5 Å². The van der Waals surface area contributed by atoms with E-state index in [4.69, 9.17) is 14.2 Å². The summed E-state index contributed by atoms with van der Waals surface area (Å²) in [4.78, 5) is 12.3. The smallest absolute Gasteiger partial charge is 0.244 e. The SMILES string of the molecule is COc1ccc(/C=C/C(=O)N[C@H]2CCOc3ccccc32)cc1OC. The number of benzene rings is 2. The second kappa shape index (κ2) is 7.75. The molecule has 0 fully saturated rings. The highest BCUT2D eigenvalue weighted by Gasteiger charge is 2.21. The standard InChI is InChI=1S/C20H21NO4/c1-23-18-9-7-14(13-19(18)24-2)8-10-20(22)21-16-11-12-25-17-6-4-3-5-15(16)17/h3-10,13,16H,11-12H2,1-2H3,(H,21,22)/b10-8+/t16-/m0/s1. The summed E-state index contributed by atoms with van der Waals surface area (Å²) in [7, 11) is 3.17. The molecule has 0 aromatic heterocycles. The topological polar surface area (TPSA) is 56.8 Å². The average molecular weight is 339 g/mol. The van der Waals surface area contributed by atoms with Gasteiger partial charge in [0.05, 0.1) is 26.9 Å². The molecule has 1 atom stereocenters. The van der Waals surface area contributed by atoms with Gasteiger partial charge in [-0.15, -0.1) is 0 Å². The van der Waals surface area contributed by atoms with Crippen LogP contribution >= 0.6 is 0 Å². The number of rotatable bonds is 5. The van der Waals surface area contributed by atoms with Crippen LogP contribution in [-0.4, -0.2) is 26.7 Å². The van der Waals surface area contributed by atoms with Gasteiger partial charge in [0.2, 0.25) is 5.91 Å². The van der Waals surface area contributed by atoms with Gasteiger partial charge >= 0.3 is 0 Å². The lowest BCUT2D eigenvalue weighted by atomic mass is 10.0. The Bertz CT molecular complexity index is 785. The minimum absolute atomic E-state index is 0.0347. The Morgan fingerprint density at radius 3 is 2.76 bits per heavy atom. The van der Waals surface area contributed by atoms with Crippen molar-refractivity contribution < 1.29 is 19.0 Å². The Hall–Kier alpha value is -2.95. The van der Waals surface area contributed by atoms with Crippen molar-refractivity contribution in [1.82, 2.24) is 5.32 Å². The fraction of sp³-hybridized carbons (Fsp3) is 0.250. The molecule has 0 saturated carbocycles. The molecule has 0 bridgehead atoms. The number of hydrogen-bond donors (Lipinski definition) is 1. The Balaban J connectivity index is 1.68. The van der Waals surface area contributed by atoms with Gasteiger partial charge in [-0.3, -0.25) is 4.79 Å². The molecular formula is C20H21NO4. The van der Waals surface area contributed by atoms with Crippen molar-refractivity contribution in [3.8, 4) is 17.2 Å². The molecule has 5 heteroatoms. The first-order valence-electron chi connectivity index (χ1n) is 8.13. The monoisotopic (exact) mass is 339 g/mol. The van der Waals surface area contributed by atoms with Gasteiger partial charge in [-0.25, -0.2) is 0 Å². The maximum absolute atomic E-state index is 12.3. The number of amides is 1. The van der Waals surface area contributed by atoms with Crippen molar-refractivity contribution in [2.24, 2.45) is 0 Å². The van der Waals surface area contributed by atoms with E-state index < -0.39 is 0 Å². The molecule has 2 aromatic carbocycles. The van der Waals surface area contributed by atoms with Crippen molar-refractivity contribution in [2.45, 2.75) is 12.5 Å². The summed E-state index contributed by atoms with van der Waals surface area (Å²) in [5, 5.41) is 3.03. The average Bonchev–Trinajstić information content (AvgIpc) is 2.66. The van der Waals surface area contributed by atoms with E-state index >= 15 is 0 Å². The van der Waals surface area contributed by atoms with Gasteiger partial charge < -0.3 is 19.5 Å². The van der Waals surface area contributed by atoms with Gasteiger partial charge in [-0.1, -0.05) is 24.3 Å². The van der Waals surface area contributed by atoms with E-state index in [1.165, 1.54) is 6.08 Å². The zero-order chi connectivity index (χ0) is 17.6. The van der Waals surface area contributed by atoms with E-state index in [1.807, 2.05) is 42.5 Å². The van der Waals surface area contributed by atoms with Crippen LogP contribution in [0.15, 0.2) is 48.5 Å². The highest BCUT2D eigenvalue weighted by Crippen LogP contribution is 2.31. The molecule has 0 unspecified atom stereocenters. The second-order valence-electron chi connectivity index (χ2n) is 5.68. The van der Waals surface area contributed by atoms with Crippen molar-refractivity contribution in [3.63, 3.8) is 0 Å². The first-order valence-corrected chi connectivity index (χ1v) is 8.13. The Morgan fingerprint density at radius 1 is 1.16 bits per heavy atom. The maximum Gasteiger partial charge on any atom is 0.244 e. The molecule has 2 aromatic rings. The maximum atomic E-state index is 12.3. The van der Waals surface area contributed by atoms with Crippen LogP contribution in [0.3, 0.4) is 0 Å². The first-order chi connectivity index (χ1) is 12.2. The van der Waals surface area contributed by atoms with E-state index in [9.17, 15) is 4.79 Å². The molecule has 1 N–H and O–H groups in total. The molecule has 130 valence electrons. The summed E-state index contributed by atoms with van der Waals surface area (Å²) >= 11 is 0. The molecule has 3 rings (SSSR count). The number of carbonyl (C=O) groups excluding carboxylic acids is 1. The van der Waals surface area contributed by atoms with Gasteiger partial charge in [0.25, 0.3) is 0 Å². The van der Waals surface area contributed by atoms with Crippen LogP contribution in [0.4, 0.5) is 0 Å². The van der Waals surface area contributed by atoms with E-state index in [2.05, 4.69) is 5.32 Å². The summed E-state index contributed by atoms with van der Waals surface area (Å²) in [6.07, 6.45) is 4.04. The number of hydrogen-bond acceptors (Lipinski definition) is 4. The van der Waals surface area contributed by atoms with Gasteiger partial charge in [0, 0.05) is 18.1 Å². The molecule has 1 heterocycles. The summed E-state index contributed by atoms with van der Waals surface area (Å²) < 4.78 is 16.1. The molecular weight excluding hydrogens is 318 g/mol. The molecule has 1 aliphatic heterocycles. The second-order valence-corrected chi connectivity index (χ2v) is 5.68. The van der Waals surface area contributed by atoms with E-state index in [0.717, 1.165) is 23.3 Å². The summed E-state index contributed by atoms with van der Waals surface area (Å²) in [5.74, 6) is 1.98. The lowest BCUT2D eigenvalue weighted by Gasteiger charge is -2.26. The summed E-state index contributed by atoms with van der Waals surface area (Å²) in [6, 6.07) is 13.3. The largest absolute Gasteiger partial charge is 0.493 e. The fourth-order valence-electron chi connectivity index (χ4n) is 2.84. The lowest BCUT2D eigenvalue weighted by Crippen LogP contribution is -2.30. The van der Waals surface area contributed by atoms with Crippen LogP contribution in [0.25, 0.3) is 6.08 Å². The predicted octanol–water partition coefficient (Wildman–Crippen LogP) is 3.36.